The third kappa shape index (κ3) is 9.32. The summed E-state index contributed by atoms with van der Waals surface area (Å²) in [5.41, 5.74) is 5.06. The van der Waals surface area contributed by atoms with Gasteiger partial charge in [0.2, 0.25) is 11.8 Å². The van der Waals surface area contributed by atoms with E-state index < -0.39 is 6.29 Å². The summed E-state index contributed by atoms with van der Waals surface area (Å²) >= 11 is 0. The number of ether oxygens (including phenoxy) is 2. The van der Waals surface area contributed by atoms with Crippen LogP contribution in [0.2, 0.25) is 0 Å². The number of benzene rings is 2. The van der Waals surface area contributed by atoms with Crippen LogP contribution in [0, 0.1) is 0 Å². The van der Waals surface area contributed by atoms with Crippen molar-refractivity contribution >= 4 is 17.5 Å². The van der Waals surface area contributed by atoms with Crippen molar-refractivity contribution in [1.82, 2.24) is 10.4 Å². The average Bonchev–Trinajstić information content (AvgIpc) is 3.46. The van der Waals surface area contributed by atoms with Crippen molar-refractivity contribution in [3.63, 3.8) is 0 Å². The predicted molar refractivity (Wildman–Crippen MR) is 153 cm³/mol. The lowest BCUT2D eigenvalue weighted by Gasteiger charge is -2.38. The Morgan fingerprint density at radius 1 is 0.878 bits per heavy atom. The molecule has 0 unspecified atom stereocenters. The molecule has 2 aromatic carbocycles. The molecular formula is C31H43N3O7. The van der Waals surface area contributed by atoms with Gasteiger partial charge in [0.15, 0.2) is 6.29 Å². The van der Waals surface area contributed by atoms with Gasteiger partial charge in [0.05, 0.1) is 25.4 Å². The van der Waals surface area contributed by atoms with Gasteiger partial charge in [-0.3, -0.25) is 19.7 Å². The Bertz CT molecular complexity index is 1100. The topological polar surface area (TPSA) is 141 Å². The Morgan fingerprint density at radius 2 is 1.56 bits per heavy atom. The summed E-state index contributed by atoms with van der Waals surface area (Å²) in [7, 11) is 0. The van der Waals surface area contributed by atoms with Crippen molar-refractivity contribution in [2.24, 2.45) is 0 Å². The van der Waals surface area contributed by atoms with E-state index >= 15 is 0 Å². The van der Waals surface area contributed by atoms with Gasteiger partial charge >= 0.3 is 0 Å². The zero-order valence-corrected chi connectivity index (χ0v) is 23.5. The van der Waals surface area contributed by atoms with Crippen molar-refractivity contribution in [3.05, 3.63) is 65.2 Å². The molecule has 224 valence electrons. The number of aliphatic hydroxyl groups excluding tert-OH is 2. The maximum atomic E-state index is 12.4. The van der Waals surface area contributed by atoms with Gasteiger partial charge < -0.3 is 25.0 Å². The van der Waals surface area contributed by atoms with Gasteiger partial charge in [0.1, 0.15) is 0 Å². The molecule has 0 bridgehead atoms. The molecule has 0 radical (unpaired) electrons. The second-order valence-electron chi connectivity index (χ2n) is 10.9. The van der Waals surface area contributed by atoms with Crippen LogP contribution in [0.5, 0.6) is 0 Å². The number of hydroxylamine groups is 1. The van der Waals surface area contributed by atoms with E-state index in [-0.39, 0.29) is 49.7 Å². The minimum absolute atomic E-state index is 0.00787. The molecule has 5 N–H and O–H groups in total. The molecule has 4 rings (SSSR count). The Kier molecular flexibility index (Phi) is 12.1. The maximum Gasteiger partial charge on any atom is 0.243 e. The van der Waals surface area contributed by atoms with Crippen LogP contribution in [0.4, 0.5) is 5.69 Å². The fourth-order valence-corrected chi connectivity index (χ4v) is 5.56. The molecule has 10 nitrogen and oxygen atoms in total. The lowest BCUT2D eigenvalue weighted by molar-refractivity contribution is -0.253. The molecule has 0 saturated carbocycles. The molecule has 2 heterocycles. The van der Waals surface area contributed by atoms with Crippen molar-refractivity contribution in [2.45, 2.75) is 88.9 Å². The van der Waals surface area contributed by atoms with E-state index in [1.54, 1.807) is 5.48 Å². The van der Waals surface area contributed by atoms with E-state index in [0.29, 0.717) is 24.9 Å². The molecule has 2 aromatic rings. The van der Waals surface area contributed by atoms with Gasteiger partial charge in [-0.2, -0.15) is 0 Å². The fraction of sp³-hybridized carbons (Fsp3) is 0.548. The number of carbonyl (C=O) groups is 2. The summed E-state index contributed by atoms with van der Waals surface area (Å²) in [6.45, 7) is 1.81. The molecule has 4 atom stereocenters. The molecule has 2 saturated heterocycles. The van der Waals surface area contributed by atoms with Gasteiger partial charge in [-0.1, -0.05) is 49.2 Å². The number of amides is 2. The van der Waals surface area contributed by atoms with E-state index in [9.17, 15) is 19.8 Å². The summed E-state index contributed by atoms with van der Waals surface area (Å²) in [6, 6.07) is 15.5. The first-order valence-corrected chi connectivity index (χ1v) is 14.7. The van der Waals surface area contributed by atoms with Crippen molar-refractivity contribution in [1.29, 1.82) is 0 Å². The third-order valence-electron chi connectivity index (χ3n) is 7.91. The standard InChI is InChI=1S/C31H43N3O7/c35-20-22-9-11-23(12-10-22)28-18-27(19-34-17-5-6-26(34)21-36)40-31(41-28)24-13-15-25(16-14-24)32-29(37)7-3-1-2-4-8-30(38)33-39/h9-16,26-28,31,35-36,39H,1-8,17-21H2,(H,32,37)(H,33,38)/t26-,27-,28+,31+/m0/s1. The quantitative estimate of drug-likeness (QED) is 0.131. The van der Waals surface area contributed by atoms with Crippen LogP contribution < -0.4 is 10.8 Å². The first-order valence-electron chi connectivity index (χ1n) is 14.7. The number of aliphatic hydroxyl groups is 2. The lowest BCUT2D eigenvalue weighted by Crippen LogP contribution is -2.42. The lowest BCUT2D eigenvalue weighted by atomic mass is 9.99. The molecule has 10 heteroatoms. The normalized spacial score (nSPS) is 22.9. The number of nitrogens with zero attached hydrogens (tertiary/aromatic N) is 1. The van der Waals surface area contributed by atoms with Crippen LogP contribution in [0.25, 0.3) is 0 Å². The smallest absolute Gasteiger partial charge is 0.243 e. The first-order chi connectivity index (χ1) is 20.0. The van der Waals surface area contributed by atoms with E-state index in [2.05, 4.69) is 10.2 Å². The monoisotopic (exact) mass is 569 g/mol. The number of hydrogen-bond donors (Lipinski definition) is 5. The number of hydrogen-bond acceptors (Lipinski definition) is 8. The van der Waals surface area contributed by atoms with E-state index in [4.69, 9.17) is 14.7 Å². The Morgan fingerprint density at radius 3 is 2.22 bits per heavy atom. The Balaban J connectivity index is 1.34. The van der Waals surface area contributed by atoms with Gasteiger partial charge in [-0.05, 0) is 55.5 Å². The highest BCUT2D eigenvalue weighted by atomic mass is 16.7. The summed E-state index contributed by atoms with van der Waals surface area (Å²) in [5.74, 6) is -0.452. The van der Waals surface area contributed by atoms with Crippen LogP contribution in [0.1, 0.15) is 86.9 Å². The summed E-state index contributed by atoms with van der Waals surface area (Å²) in [5, 5.41) is 30.7. The zero-order chi connectivity index (χ0) is 29.0. The number of nitrogens with one attached hydrogen (secondary N) is 2. The average molecular weight is 570 g/mol. The molecule has 41 heavy (non-hydrogen) atoms. The van der Waals surface area contributed by atoms with Gasteiger partial charge in [-0.15, -0.1) is 0 Å². The predicted octanol–water partition coefficient (Wildman–Crippen LogP) is 3.97. The van der Waals surface area contributed by atoms with Gasteiger partial charge in [0, 0.05) is 43.1 Å². The largest absolute Gasteiger partial charge is 0.395 e. The molecular weight excluding hydrogens is 526 g/mol. The fourth-order valence-electron chi connectivity index (χ4n) is 5.56. The highest BCUT2D eigenvalue weighted by Crippen LogP contribution is 2.39. The van der Waals surface area contributed by atoms with Crippen LogP contribution >= 0.6 is 0 Å². The molecule has 0 aliphatic carbocycles. The van der Waals surface area contributed by atoms with E-state index in [0.717, 1.165) is 61.9 Å². The number of anilines is 1. The summed E-state index contributed by atoms with van der Waals surface area (Å²) < 4.78 is 12.9. The second-order valence-corrected chi connectivity index (χ2v) is 10.9. The second kappa shape index (κ2) is 16.0. The SMILES string of the molecule is O=C(CCCCCCC(=O)Nc1ccc([C@@H]2O[C@H](CN3CCC[C@H]3CO)C[C@H](c3ccc(CO)cc3)O2)cc1)NO. The maximum absolute atomic E-state index is 12.4. The van der Waals surface area contributed by atoms with Crippen LogP contribution in [0.3, 0.4) is 0 Å². The zero-order valence-electron chi connectivity index (χ0n) is 23.5. The minimum atomic E-state index is -0.580. The van der Waals surface area contributed by atoms with Crippen molar-refractivity contribution < 1.29 is 34.5 Å². The molecule has 0 spiro atoms. The van der Waals surface area contributed by atoms with Gasteiger partial charge in [-0.25, -0.2) is 5.48 Å². The molecule has 2 fully saturated rings. The number of carbonyl (C=O) groups excluding carboxylic acids is 2. The first kappa shape index (κ1) is 31.1. The van der Waals surface area contributed by atoms with E-state index in [1.807, 2.05) is 48.5 Å². The number of unbranched alkanes of at least 4 members (excludes halogenated alkanes) is 3. The van der Waals surface area contributed by atoms with Crippen molar-refractivity contribution in [2.75, 3.05) is 25.0 Å². The number of likely N-dealkylation sites (tertiary alicyclic amines) is 1. The third-order valence-corrected chi connectivity index (χ3v) is 7.91. The summed E-state index contributed by atoms with van der Waals surface area (Å²) in [6.07, 6.45) is 5.64. The van der Waals surface area contributed by atoms with Crippen molar-refractivity contribution in [3.8, 4) is 0 Å². The van der Waals surface area contributed by atoms with E-state index in [1.165, 1.54) is 0 Å². The highest BCUT2D eigenvalue weighted by Gasteiger charge is 2.35. The minimum Gasteiger partial charge on any atom is -0.395 e. The Labute approximate surface area is 241 Å². The van der Waals surface area contributed by atoms with Crippen LogP contribution in [-0.4, -0.2) is 64.0 Å². The Hall–Kier alpha value is -2.86. The molecule has 0 aromatic heterocycles. The summed E-state index contributed by atoms with van der Waals surface area (Å²) in [4.78, 5) is 25.7. The number of rotatable bonds is 14. The molecule has 2 amide bonds. The van der Waals surface area contributed by atoms with Gasteiger partial charge in [0.25, 0.3) is 0 Å². The van der Waals surface area contributed by atoms with Crippen LogP contribution in [0.15, 0.2) is 48.5 Å². The highest BCUT2D eigenvalue weighted by molar-refractivity contribution is 5.90. The van der Waals surface area contributed by atoms with Crippen LogP contribution in [-0.2, 0) is 25.7 Å². The molecule has 2 aliphatic heterocycles. The molecule has 2 aliphatic rings.